The second-order valence-electron chi connectivity index (χ2n) is 7.91. The van der Waals surface area contributed by atoms with Crippen LogP contribution in [-0.4, -0.2) is 17.0 Å². The Hall–Kier alpha value is -3.74. The van der Waals surface area contributed by atoms with Crippen molar-refractivity contribution in [2.24, 2.45) is 5.92 Å². The lowest BCUT2D eigenvalue weighted by Crippen LogP contribution is -2.23. The number of nitrogens with one attached hydrogen (secondary N) is 2. The van der Waals surface area contributed by atoms with E-state index in [1.165, 1.54) is 6.07 Å². The maximum atomic E-state index is 14.2. The number of aromatic amines is 1. The first-order valence-electron chi connectivity index (χ1n) is 9.92. The number of benzene rings is 2. The summed E-state index contributed by atoms with van der Waals surface area (Å²) in [5.74, 6) is -1.48. The summed E-state index contributed by atoms with van der Waals surface area (Å²) >= 11 is 0. The number of H-pyrrole nitrogens is 1. The Kier molecular flexibility index (Phi) is 5.19. The van der Waals surface area contributed by atoms with Gasteiger partial charge >= 0.3 is 6.09 Å². The summed E-state index contributed by atoms with van der Waals surface area (Å²) in [5.41, 5.74) is 1.86. The van der Waals surface area contributed by atoms with Crippen molar-refractivity contribution in [2.75, 3.05) is 0 Å². The molecule has 2 N–H and O–H groups in total. The van der Waals surface area contributed by atoms with Gasteiger partial charge in [-0.1, -0.05) is 44.2 Å². The molecule has 0 bridgehead atoms. The molecule has 0 radical (unpaired) electrons. The molecular weight excluding hydrogens is 399 g/mol. The van der Waals surface area contributed by atoms with Gasteiger partial charge in [0.15, 0.2) is 5.76 Å². The summed E-state index contributed by atoms with van der Waals surface area (Å²) in [5, 5.41) is 3.33. The fourth-order valence-electron chi connectivity index (χ4n) is 4.11. The SMILES string of the molecule is C/C(=C1\OC(=O)NC1=O)C(c1ccc(-c2ccc3cccc(F)c3c2)[nH]c1=O)C(C)C. The number of cyclic esters (lactones) is 1. The van der Waals surface area contributed by atoms with E-state index in [2.05, 4.69) is 10.3 Å². The van der Waals surface area contributed by atoms with Gasteiger partial charge in [-0.3, -0.25) is 14.9 Å². The van der Waals surface area contributed by atoms with E-state index in [0.717, 1.165) is 5.39 Å². The number of rotatable bonds is 4. The number of pyridine rings is 1. The molecule has 4 rings (SSSR count). The quantitative estimate of drug-likeness (QED) is 0.603. The Morgan fingerprint density at radius 3 is 2.45 bits per heavy atom. The van der Waals surface area contributed by atoms with Crippen LogP contribution in [0.2, 0.25) is 0 Å². The van der Waals surface area contributed by atoms with Crippen LogP contribution in [0, 0.1) is 11.7 Å². The summed E-state index contributed by atoms with van der Waals surface area (Å²) in [6.45, 7) is 5.52. The number of carbonyl (C=O) groups excluding carboxylic acids is 2. The fourth-order valence-corrected chi connectivity index (χ4v) is 4.11. The van der Waals surface area contributed by atoms with Crippen LogP contribution in [0.5, 0.6) is 0 Å². The van der Waals surface area contributed by atoms with Crippen molar-refractivity contribution in [3.8, 4) is 11.3 Å². The van der Waals surface area contributed by atoms with Crippen LogP contribution in [0.1, 0.15) is 32.3 Å². The molecule has 1 aliphatic heterocycles. The molecule has 7 heteroatoms. The van der Waals surface area contributed by atoms with Gasteiger partial charge in [-0.25, -0.2) is 9.18 Å². The van der Waals surface area contributed by atoms with Crippen molar-refractivity contribution >= 4 is 22.8 Å². The Labute approximate surface area is 177 Å². The zero-order chi connectivity index (χ0) is 22.3. The molecule has 0 saturated carbocycles. The molecule has 6 nitrogen and oxygen atoms in total. The smallest absolute Gasteiger partial charge is 0.404 e. The number of imide groups is 1. The van der Waals surface area contributed by atoms with Crippen LogP contribution in [0.3, 0.4) is 0 Å². The van der Waals surface area contributed by atoms with Crippen molar-refractivity contribution in [3.05, 3.63) is 81.6 Å². The van der Waals surface area contributed by atoms with E-state index >= 15 is 0 Å². The highest BCUT2D eigenvalue weighted by Gasteiger charge is 2.33. The molecule has 0 spiro atoms. The molecule has 2 aromatic carbocycles. The van der Waals surface area contributed by atoms with Crippen molar-refractivity contribution < 1.29 is 18.7 Å². The molecule has 1 unspecified atom stereocenters. The van der Waals surface area contributed by atoms with Crippen molar-refractivity contribution in [1.29, 1.82) is 0 Å². The number of ether oxygens (including phenoxy) is 1. The highest BCUT2D eigenvalue weighted by molar-refractivity contribution is 6.07. The standard InChI is InChI=1S/C24H21FN2O4/c1-12(2)20(13(3)21-23(29)27-24(30)31-21)16-9-10-19(26-22(16)28)15-8-7-14-5-4-6-18(25)17(14)11-15/h4-12,20H,1-3H3,(H,26,28)(H,27,29,30)/b21-13+. The van der Waals surface area contributed by atoms with Gasteiger partial charge in [0.1, 0.15) is 5.82 Å². The third-order valence-electron chi connectivity index (χ3n) is 5.52. The average Bonchev–Trinajstić information content (AvgIpc) is 3.07. The number of allylic oxidation sites excluding steroid dienone is 1. The third kappa shape index (κ3) is 3.74. The van der Waals surface area contributed by atoms with Crippen LogP contribution in [0.4, 0.5) is 9.18 Å². The summed E-state index contributed by atoms with van der Waals surface area (Å²) in [7, 11) is 0. The maximum Gasteiger partial charge on any atom is 0.419 e. The first-order chi connectivity index (χ1) is 14.8. The molecular formula is C24H21FN2O4. The van der Waals surface area contributed by atoms with Gasteiger partial charge in [-0.15, -0.1) is 0 Å². The minimum atomic E-state index is -0.824. The van der Waals surface area contributed by atoms with Gasteiger partial charge in [0.05, 0.1) is 0 Å². The van der Waals surface area contributed by atoms with E-state index in [9.17, 15) is 18.8 Å². The van der Waals surface area contributed by atoms with Crippen LogP contribution in [0.15, 0.2) is 64.7 Å². The van der Waals surface area contributed by atoms with Gasteiger partial charge in [-0.2, -0.15) is 0 Å². The predicted molar refractivity (Wildman–Crippen MR) is 115 cm³/mol. The molecule has 3 aromatic rings. The number of fused-ring (bicyclic) bond motifs is 1. The molecule has 2 amide bonds. The maximum absolute atomic E-state index is 14.2. The number of halogens is 1. The van der Waals surface area contributed by atoms with Crippen LogP contribution in [-0.2, 0) is 9.53 Å². The van der Waals surface area contributed by atoms with Gasteiger partial charge < -0.3 is 9.72 Å². The lowest BCUT2D eigenvalue weighted by molar-refractivity contribution is -0.116. The van der Waals surface area contributed by atoms with Crippen LogP contribution < -0.4 is 10.9 Å². The van der Waals surface area contributed by atoms with E-state index in [1.807, 2.05) is 26.0 Å². The average molecular weight is 420 g/mol. The second kappa shape index (κ2) is 7.83. The minimum Gasteiger partial charge on any atom is -0.404 e. The van der Waals surface area contributed by atoms with Crippen molar-refractivity contribution in [1.82, 2.24) is 10.3 Å². The molecule has 158 valence electrons. The van der Waals surface area contributed by atoms with Gasteiger partial charge in [0, 0.05) is 22.6 Å². The van der Waals surface area contributed by atoms with E-state index < -0.39 is 17.9 Å². The minimum absolute atomic E-state index is 0.0404. The molecule has 31 heavy (non-hydrogen) atoms. The molecule has 0 aliphatic carbocycles. The Balaban J connectivity index is 1.77. The summed E-state index contributed by atoms with van der Waals surface area (Å²) in [6, 6.07) is 13.7. The molecule has 1 aromatic heterocycles. The van der Waals surface area contributed by atoms with E-state index in [0.29, 0.717) is 27.8 Å². The fraction of sp³-hybridized carbons (Fsp3) is 0.208. The number of hydrogen-bond acceptors (Lipinski definition) is 4. The Morgan fingerprint density at radius 1 is 1.03 bits per heavy atom. The zero-order valence-electron chi connectivity index (χ0n) is 17.3. The molecule has 2 heterocycles. The highest BCUT2D eigenvalue weighted by atomic mass is 19.1. The zero-order valence-corrected chi connectivity index (χ0v) is 17.3. The van der Waals surface area contributed by atoms with E-state index in [4.69, 9.17) is 4.74 Å². The third-order valence-corrected chi connectivity index (χ3v) is 5.52. The molecule has 1 atom stereocenters. The normalized spacial score (nSPS) is 16.4. The van der Waals surface area contributed by atoms with Crippen molar-refractivity contribution in [3.63, 3.8) is 0 Å². The molecule has 1 fully saturated rings. The van der Waals surface area contributed by atoms with Crippen molar-refractivity contribution in [2.45, 2.75) is 26.7 Å². The van der Waals surface area contributed by atoms with Gasteiger partial charge in [0.25, 0.3) is 11.5 Å². The van der Waals surface area contributed by atoms with Crippen LogP contribution in [0.25, 0.3) is 22.0 Å². The first-order valence-corrected chi connectivity index (χ1v) is 9.92. The lowest BCUT2D eigenvalue weighted by Gasteiger charge is -2.22. The number of aromatic nitrogens is 1. The monoisotopic (exact) mass is 420 g/mol. The highest BCUT2D eigenvalue weighted by Crippen LogP contribution is 2.34. The summed E-state index contributed by atoms with van der Waals surface area (Å²) in [6.07, 6.45) is -0.824. The predicted octanol–water partition coefficient (Wildman–Crippen LogP) is 4.61. The number of amides is 2. The van der Waals surface area contributed by atoms with Gasteiger partial charge in [-0.05, 0) is 47.6 Å². The van der Waals surface area contributed by atoms with Crippen LogP contribution >= 0.6 is 0 Å². The summed E-state index contributed by atoms with van der Waals surface area (Å²) < 4.78 is 19.2. The number of carbonyl (C=O) groups is 2. The second-order valence-corrected chi connectivity index (χ2v) is 7.91. The van der Waals surface area contributed by atoms with Gasteiger partial charge in [0.2, 0.25) is 0 Å². The Bertz CT molecular complexity index is 1310. The number of hydrogen-bond donors (Lipinski definition) is 2. The first kappa shape index (κ1) is 20.5. The molecule has 1 aliphatic rings. The lowest BCUT2D eigenvalue weighted by atomic mass is 9.82. The topological polar surface area (TPSA) is 88.3 Å². The summed E-state index contributed by atoms with van der Waals surface area (Å²) in [4.78, 5) is 39.3. The Morgan fingerprint density at radius 2 is 1.81 bits per heavy atom. The molecule has 1 saturated heterocycles. The van der Waals surface area contributed by atoms with E-state index in [1.54, 1.807) is 37.3 Å². The largest absolute Gasteiger partial charge is 0.419 e. The number of alkyl carbamates (subject to hydrolysis) is 1. The van der Waals surface area contributed by atoms with E-state index in [-0.39, 0.29) is 23.1 Å².